The van der Waals surface area contributed by atoms with E-state index in [0.29, 0.717) is 16.2 Å². The number of hydrogen-bond acceptors (Lipinski definition) is 7. The first-order valence-corrected chi connectivity index (χ1v) is 8.93. The SMILES string of the molecule is COc1ccc(C2=NN=C/C2=C\c2sc(=O)n(CCCC(=O)O)c2O)cc1. The van der Waals surface area contributed by atoms with Crippen LogP contribution in [-0.2, 0) is 11.3 Å². The number of rotatable bonds is 7. The van der Waals surface area contributed by atoms with Gasteiger partial charge in [0.25, 0.3) is 0 Å². The summed E-state index contributed by atoms with van der Waals surface area (Å²) in [6.07, 6.45) is 3.39. The summed E-state index contributed by atoms with van der Waals surface area (Å²) in [5.41, 5.74) is 2.11. The van der Waals surface area contributed by atoms with Crippen molar-refractivity contribution in [2.45, 2.75) is 19.4 Å². The molecule has 3 rings (SSSR count). The summed E-state index contributed by atoms with van der Waals surface area (Å²) in [6.45, 7) is 0.143. The summed E-state index contributed by atoms with van der Waals surface area (Å²) >= 11 is 0.887. The molecule has 0 unspecified atom stereocenters. The van der Waals surface area contributed by atoms with Crippen LogP contribution in [0.4, 0.5) is 0 Å². The lowest BCUT2D eigenvalue weighted by Gasteiger charge is -2.04. The maximum Gasteiger partial charge on any atom is 0.310 e. The van der Waals surface area contributed by atoms with Crippen molar-refractivity contribution in [1.29, 1.82) is 0 Å². The molecule has 8 nitrogen and oxygen atoms in total. The van der Waals surface area contributed by atoms with Gasteiger partial charge in [0.15, 0.2) is 0 Å². The van der Waals surface area contributed by atoms with Crippen molar-refractivity contribution < 1.29 is 19.7 Å². The van der Waals surface area contributed by atoms with Crippen molar-refractivity contribution in [1.82, 2.24) is 4.57 Å². The second kappa shape index (κ2) is 8.00. The number of aromatic hydroxyl groups is 1. The fourth-order valence-corrected chi connectivity index (χ4v) is 3.45. The van der Waals surface area contributed by atoms with Gasteiger partial charge in [-0.05, 0) is 36.8 Å². The first-order valence-electron chi connectivity index (χ1n) is 8.11. The molecule has 140 valence electrons. The number of aromatic nitrogens is 1. The maximum atomic E-state index is 12.1. The van der Waals surface area contributed by atoms with E-state index in [-0.39, 0.29) is 30.1 Å². The second-order valence-electron chi connectivity index (χ2n) is 5.73. The van der Waals surface area contributed by atoms with Gasteiger partial charge in [-0.15, -0.1) is 5.10 Å². The second-order valence-corrected chi connectivity index (χ2v) is 6.72. The van der Waals surface area contributed by atoms with Crippen molar-refractivity contribution in [2.75, 3.05) is 7.11 Å². The topological polar surface area (TPSA) is 113 Å². The van der Waals surface area contributed by atoms with Gasteiger partial charge < -0.3 is 14.9 Å². The summed E-state index contributed by atoms with van der Waals surface area (Å²) in [5, 5.41) is 27.1. The van der Waals surface area contributed by atoms with E-state index >= 15 is 0 Å². The molecule has 1 aromatic carbocycles. The molecule has 0 radical (unpaired) electrons. The van der Waals surface area contributed by atoms with Crippen molar-refractivity contribution in [3.8, 4) is 11.6 Å². The number of carboxylic acids is 1. The van der Waals surface area contributed by atoms with Crippen LogP contribution in [0.3, 0.4) is 0 Å². The predicted molar refractivity (Wildman–Crippen MR) is 103 cm³/mol. The van der Waals surface area contributed by atoms with E-state index in [9.17, 15) is 14.7 Å². The van der Waals surface area contributed by atoms with Gasteiger partial charge in [-0.1, -0.05) is 11.3 Å². The molecule has 0 bridgehead atoms. The van der Waals surface area contributed by atoms with Crippen LogP contribution < -0.4 is 9.61 Å². The van der Waals surface area contributed by atoms with Crippen LogP contribution in [0.2, 0.25) is 0 Å². The summed E-state index contributed by atoms with van der Waals surface area (Å²) in [4.78, 5) is 22.7. The molecule has 2 N–H and O–H groups in total. The Morgan fingerprint density at radius 2 is 2.07 bits per heavy atom. The van der Waals surface area contributed by atoms with Crippen molar-refractivity contribution in [3.05, 3.63) is 49.9 Å². The molecule has 0 fully saturated rings. The Bertz CT molecular complexity index is 999. The first kappa shape index (κ1) is 18.6. The van der Waals surface area contributed by atoms with Crippen LogP contribution in [0.25, 0.3) is 6.08 Å². The van der Waals surface area contributed by atoms with Crippen molar-refractivity contribution in [3.63, 3.8) is 0 Å². The molecule has 0 atom stereocenters. The van der Waals surface area contributed by atoms with Gasteiger partial charge in [-0.3, -0.25) is 14.2 Å². The molecule has 0 aliphatic carbocycles. The van der Waals surface area contributed by atoms with Gasteiger partial charge in [0.05, 0.1) is 18.2 Å². The molecular formula is C18H17N3O5S. The van der Waals surface area contributed by atoms with Crippen molar-refractivity contribution >= 4 is 35.3 Å². The number of benzene rings is 1. The van der Waals surface area contributed by atoms with E-state index < -0.39 is 5.97 Å². The van der Waals surface area contributed by atoms with Crippen LogP contribution in [0.15, 0.2) is 44.8 Å². The summed E-state index contributed by atoms with van der Waals surface area (Å²) in [7, 11) is 1.59. The Hall–Kier alpha value is -3.20. The zero-order valence-electron chi connectivity index (χ0n) is 14.5. The summed E-state index contributed by atoms with van der Waals surface area (Å²) in [6, 6.07) is 7.31. The lowest BCUT2D eigenvalue weighted by Crippen LogP contribution is -2.13. The van der Waals surface area contributed by atoms with E-state index in [1.54, 1.807) is 19.4 Å². The van der Waals surface area contributed by atoms with E-state index in [1.165, 1.54) is 4.57 Å². The average Bonchev–Trinajstić information content (AvgIpc) is 3.21. The van der Waals surface area contributed by atoms with Gasteiger partial charge in [0, 0.05) is 24.1 Å². The zero-order chi connectivity index (χ0) is 19.4. The molecular weight excluding hydrogens is 370 g/mol. The third-order valence-corrected chi connectivity index (χ3v) is 4.86. The molecule has 0 spiro atoms. The van der Waals surface area contributed by atoms with Crippen LogP contribution in [0, 0.1) is 0 Å². The van der Waals surface area contributed by atoms with Gasteiger partial charge in [0.2, 0.25) is 5.88 Å². The van der Waals surface area contributed by atoms with Crippen LogP contribution in [-0.4, -0.2) is 39.8 Å². The average molecular weight is 387 g/mol. The number of aliphatic carboxylic acids is 1. The largest absolute Gasteiger partial charge is 0.497 e. The van der Waals surface area contributed by atoms with E-state index in [0.717, 1.165) is 22.6 Å². The minimum atomic E-state index is -0.942. The Balaban J connectivity index is 1.85. The van der Waals surface area contributed by atoms with E-state index in [1.807, 2.05) is 24.3 Å². The first-order chi connectivity index (χ1) is 13.0. The number of hydrogen-bond donors (Lipinski definition) is 2. The van der Waals surface area contributed by atoms with Crippen LogP contribution in [0.1, 0.15) is 23.3 Å². The number of ether oxygens (including phenoxy) is 1. The quantitative estimate of drug-likeness (QED) is 0.757. The van der Waals surface area contributed by atoms with E-state index in [4.69, 9.17) is 9.84 Å². The lowest BCUT2D eigenvalue weighted by atomic mass is 10.0. The molecule has 1 aliphatic heterocycles. The van der Waals surface area contributed by atoms with Gasteiger partial charge >= 0.3 is 10.8 Å². The molecule has 2 heterocycles. The standard InChI is InChI=1S/C18H17N3O5S/c1-26-13-6-4-11(5-7-13)16-12(10-19-20-16)9-14-17(24)21(18(25)27-14)8-2-3-15(22)23/h4-7,9-10,24H,2-3,8H2,1H3,(H,22,23)/b12-9+. The smallest absolute Gasteiger partial charge is 0.310 e. The Labute approximate surface area is 158 Å². The third kappa shape index (κ3) is 4.14. The minimum Gasteiger partial charge on any atom is -0.497 e. The summed E-state index contributed by atoms with van der Waals surface area (Å²) in [5.74, 6) is -0.405. The molecule has 0 amide bonds. The van der Waals surface area contributed by atoms with Gasteiger partial charge in [0.1, 0.15) is 11.5 Å². The highest BCUT2D eigenvalue weighted by atomic mass is 32.1. The number of thiazole rings is 1. The normalized spacial score (nSPS) is 14.6. The molecule has 1 aromatic heterocycles. The van der Waals surface area contributed by atoms with Gasteiger partial charge in [-0.2, -0.15) is 5.10 Å². The highest BCUT2D eigenvalue weighted by Crippen LogP contribution is 2.26. The number of methoxy groups -OCH3 is 1. The zero-order valence-corrected chi connectivity index (χ0v) is 15.3. The number of carbonyl (C=O) groups is 1. The Morgan fingerprint density at radius 3 is 2.74 bits per heavy atom. The van der Waals surface area contributed by atoms with E-state index in [2.05, 4.69) is 10.2 Å². The fourth-order valence-electron chi connectivity index (χ4n) is 2.58. The lowest BCUT2D eigenvalue weighted by molar-refractivity contribution is -0.137. The Kier molecular flexibility index (Phi) is 5.51. The maximum absolute atomic E-state index is 12.1. The highest BCUT2D eigenvalue weighted by molar-refractivity contribution is 7.10. The number of carboxylic acid groups (broad SMARTS) is 1. The number of nitrogens with zero attached hydrogens (tertiary/aromatic N) is 3. The van der Waals surface area contributed by atoms with Crippen molar-refractivity contribution in [2.24, 2.45) is 10.2 Å². The predicted octanol–water partition coefficient (Wildman–Crippen LogP) is 2.36. The molecule has 1 aliphatic rings. The van der Waals surface area contributed by atoms with Gasteiger partial charge in [-0.25, -0.2) is 0 Å². The third-order valence-electron chi connectivity index (χ3n) is 3.94. The van der Waals surface area contributed by atoms with Crippen LogP contribution >= 0.6 is 11.3 Å². The molecule has 0 saturated carbocycles. The Morgan fingerprint density at radius 1 is 1.33 bits per heavy atom. The molecule has 9 heteroatoms. The molecule has 2 aromatic rings. The molecule has 27 heavy (non-hydrogen) atoms. The number of allylic oxidation sites excluding steroid dienone is 1. The summed E-state index contributed by atoms with van der Waals surface area (Å²) < 4.78 is 6.32. The monoisotopic (exact) mass is 387 g/mol. The fraction of sp³-hybridized carbons (Fsp3) is 0.222. The minimum absolute atomic E-state index is 0.0704. The van der Waals surface area contributed by atoms with Crippen LogP contribution in [0.5, 0.6) is 11.6 Å². The highest BCUT2D eigenvalue weighted by Gasteiger charge is 2.17. The molecule has 0 saturated heterocycles.